The maximum absolute atomic E-state index is 5.69. The van der Waals surface area contributed by atoms with Crippen LogP contribution in [0.5, 0.6) is 0 Å². The van der Waals surface area contributed by atoms with Gasteiger partial charge in [-0.25, -0.2) is 0 Å². The SMILES string of the molecule is CCN(CC)[SiH](C)O[SiH2]C. The normalized spacial score (nSPS) is 15.3. The zero-order valence-corrected chi connectivity index (χ0v) is 10.1. The van der Waals surface area contributed by atoms with Crippen LogP contribution in [0.3, 0.4) is 0 Å². The van der Waals surface area contributed by atoms with Gasteiger partial charge in [-0.3, -0.25) is 0 Å². The van der Waals surface area contributed by atoms with Crippen molar-refractivity contribution in [3.05, 3.63) is 0 Å². The molecule has 0 bridgehead atoms. The quantitative estimate of drug-likeness (QED) is 0.561. The van der Waals surface area contributed by atoms with E-state index >= 15 is 0 Å². The van der Waals surface area contributed by atoms with Gasteiger partial charge < -0.3 is 8.68 Å². The maximum atomic E-state index is 5.69. The second kappa shape index (κ2) is 6.09. The average molecular weight is 177 g/mol. The molecule has 62 valence electrons. The number of nitrogens with zero attached hydrogens (tertiary/aromatic N) is 1. The molecule has 0 aliphatic heterocycles. The molecule has 0 aliphatic rings. The van der Waals surface area contributed by atoms with E-state index in [1.54, 1.807) is 0 Å². The van der Waals surface area contributed by atoms with Crippen molar-refractivity contribution in [2.24, 2.45) is 0 Å². The standard InChI is InChI=1S/C6H19NOSi2/c1-5-7(6-2)10(4)8-9-3/h10H,5-6,9H2,1-4H3. The lowest BCUT2D eigenvalue weighted by Crippen LogP contribution is -2.39. The lowest BCUT2D eigenvalue weighted by atomic mass is 10.7. The van der Waals surface area contributed by atoms with Gasteiger partial charge in [-0.05, 0) is 19.6 Å². The lowest BCUT2D eigenvalue weighted by Gasteiger charge is -2.24. The smallest absolute Gasteiger partial charge is 0.240 e. The zero-order valence-electron chi connectivity index (χ0n) is 7.55. The van der Waals surface area contributed by atoms with Crippen molar-refractivity contribution >= 4 is 19.0 Å². The summed E-state index contributed by atoms with van der Waals surface area (Å²) in [6.07, 6.45) is 0. The third-order valence-electron chi connectivity index (χ3n) is 1.73. The van der Waals surface area contributed by atoms with Crippen molar-refractivity contribution in [2.45, 2.75) is 26.9 Å². The fraction of sp³-hybridized carbons (Fsp3) is 1.00. The molecule has 0 saturated carbocycles. The van der Waals surface area contributed by atoms with Gasteiger partial charge >= 0.3 is 0 Å². The highest BCUT2D eigenvalue weighted by molar-refractivity contribution is 6.54. The fourth-order valence-electron chi connectivity index (χ4n) is 1.08. The molecule has 0 heterocycles. The van der Waals surface area contributed by atoms with Crippen LogP contribution in [0, 0.1) is 0 Å². The van der Waals surface area contributed by atoms with Crippen LogP contribution in [0.1, 0.15) is 13.8 Å². The first-order chi connectivity index (χ1) is 4.76. The van der Waals surface area contributed by atoms with Crippen molar-refractivity contribution in [3.63, 3.8) is 0 Å². The Hall–Kier alpha value is 0.354. The van der Waals surface area contributed by atoms with Gasteiger partial charge in [0, 0.05) is 0 Å². The highest BCUT2D eigenvalue weighted by Crippen LogP contribution is 1.94. The molecule has 0 rings (SSSR count). The van der Waals surface area contributed by atoms with Crippen molar-refractivity contribution in [1.82, 2.24) is 4.57 Å². The van der Waals surface area contributed by atoms with Gasteiger partial charge in [-0.2, -0.15) is 0 Å². The summed E-state index contributed by atoms with van der Waals surface area (Å²) in [5.74, 6) is 0. The number of rotatable bonds is 5. The molecule has 0 N–H and O–H groups in total. The van der Waals surface area contributed by atoms with E-state index in [0.717, 1.165) is 13.1 Å². The van der Waals surface area contributed by atoms with Gasteiger partial charge in [0.25, 0.3) is 0 Å². The van der Waals surface area contributed by atoms with Crippen molar-refractivity contribution in [3.8, 4) is 0 Å². The van der Waals surface area contributed by atoms with Gasteiger partial charge in [0.05, 0.1) is 0 Å². The van der Waals surface area contributed by atoms with Crippen LogP contribution in [0.4, 0.5) is 0 Å². The van der Waals surface area contributed by atoms with Crippen LogP contribution in [0.15, 0.2) is 0 Å². The molecule has 0 aromatic rings. The van der Waals surface area contributed by atoms with Crippen LogP contribution < -0.4 is 0 Å². The summed E-state index contributed by atoms with van der Waals surface area (Å²) in [7, 11) is -1.10. The average Bonchev–Trinajstić information content (AvgIpc) is 1.91. The Kier molecular flexibility index (Phi) is 6.30. The second-order valence-electron chi connectivity index (χ2n) is 2.28. The minimum Gasteiger partial charge on any atom is -0.452 e. The topological polar surface area (TPSA) is 12.5 Å². The Morgan fingerprint density at radius 1 is 1.40 bits per heavy atom. The molecule has 0 radical (unpaired) electrons. The van der Waals surface area contributed by atoms with E-state index in [1.165, 1.54) is 0 Å². The van der Waals surface area contributed by atoms with Crippen molar-refractivity contribution in [2.75, 3.05) is 13.1 Å². The molecule has 0 spiro atoms. The van der Waals surface area contributed by atoms with Gasteiger partial charge in [-0.1, -0.05) is 20.4 Å². The molecule has 0 aliphatic carbocycles. The number of hydrogen-bond donors (Lipinski definition) is 0. The summed E-state index contributed by atoms with van der Waals surface area (Å²) in [4.78, 5) is 0. The van der Waals surface area contributed by atoms with Gasteiger partial charge in [0.15, 0.2) is 0 Å². The molecular weight excluding hydrogens is 158 g/mol. The highest BCUT2D eigenvalue weighted by atomic mass is 28.4. The molecule has 0 amide bonds. The lowest BCUT2D eigenvalue weighted by molar-refractivity contribution is 0.410. The van der Waals surface area contributed by atoms with Crippen molar-refractivity contribution < 1.29 is 4.12 Å². The predicted octanol–water partition coefficient (Wildman–Crippen LogP) is 0.327. The monoisotopic (exact) mass is 177 g/mol. The molecule has 0 fully saturated rings. The third-order valence-corrected chi connectivity index (χ3v) is 6.76. The largest absolute Gasteiger partial charge is 0.452 e. The minimum absolute atomic E-state index is 0.175. The summed E-state index contributed by atoms with van der Waals surface area (Å²) >= 11 is 0. The van der Waals surface area contributed by atoms with E-state index in [4.69, 9.17) is 4.12 Å². The Balaban J connectivity index is 3.53. The summed E-state index contributed by atoms with van der Waals surface area (Å²) < 4.78 is 8.14. The van der Waals surface area contributed by atoms with Crippen LogP contribution in [-0.4, -0.2) is 36.6 Å². The van der Waals surface area contributed by atoms with E-state index < -0.39 is 9.20 Å². The molecule has 1 unspecified atom stereocenters. The molecule has 0 aromatic carbocycles. The number of hydrogen-bond acceptors (Lipinski definition) is 2. The Morgan fingerprint density at radius 3 is 2.20 bits per heavy atom. The Morgan fingerprint density at radius 2 is 1.90 bits per heavy atom. The van der Waals surface area contributed by atoms with E-state index in [2.05, 4.69) is 31.5 Å². The van der Waals surface area contributed by atoms with Crippen LogP contribution in [0.2, 0.25) is 13.1 Å². The molecule has 0 aromatic heterocycles. The van der Waals surface area contributed by atoms with Crippen molar-refractivity contribution in [1.29, 1.82) is 0 Å². The maximum Gasteiger partial charge on any atom is 0.240 e. The minimum atomic E-state index is -0.922. The molecule has 0 saturated heterocycles. The van der Waals surface area contributed by atoms with E-state index in [9.17, 15) is 0 Å². The van der Waals surface area contributed by atoms with Gasteiger partial charge in [-0.15, -0.1) is 0 Å². The molecule has 10 heavy (non-hydrogen) atoms. The summed E-state index contributed by atoms with van der Waals surface area (Å²) in [5, 5.41) is 0. The fourth-order valence-corrected chi connectivity index (χ4v) is 4.89. The summed E-state index contributed by atoms with van der Waals surface area (Å²) in [5.41, 5.74) is 0. The Bertz CT molecular complexity index is 78.1. The van der Waals surface area contributed by atoms with Crippen LogP contribution >= 0.6 is 0 Å². The summed E-state index contributed by atoms with van der Waals surface area (Å²) in [6, 6.07) is 0. The van der Waals surface area contributed by atoms with E-state index in [1.807, 2.05) is 0 Å². The predicted molar refractivity (Wildman–Crippen MR) is 51.4 cm³/mol. The van der Waals surface area contributed by atoms with E-state index in [-0.39, 0.29) is 9.76 Å². The summed E-state index contributed by atoms with van der Waals surface area (Å²) in [6.45, 7) is 11.2. The van der Waals surface area contributed by atoms with Crippen LogP contribution in [-0.2, 0) is 4.12 Å². The first kappa shape index (κ1) is 10.4. The molecule has 4 heteroatoms. The van der Waals surface area contributed by atoms with Gasteiger partial charge in [0.2, 0.25) is 9.20 Å². The molecule has 2 nitrogen and oxygen atoms in total. The second-order valence-corrected chi connectivity index (χ2v) is 6.12. The van der Waals surface area contributed by atoms with Gasteiger partial charge in [0.1, 0.15) is 9.76 Å². The molecular formula is C6H19NOSi2. The molecule has 1 atom stereocenters. The van der Waals surface area contributed by atoms with Crippen LogP contribution in [0.25, 0.3) is 0 Å². The zero-order chi connectivity index (χ0) is 7.98. The Labute approximate surface area is 68.3 Å². The van der Waals surface area contributed by atoms with E-state index in [0.29, 0.717) is 0 Å². The third kappa shape index (κ3) is 3.50. The first-order valence-electron chi connectivity index (χ1n) is 4.11. The first-order valence-corrected chi connectivity index (χ1v) is 8.25. The highest BCUT2D eigenvalue weighted by Gasteiger charge is 2.10.